The summed E-state index contributed by atoms with van der Waals surface area (Å²) in [4.78, 5) is 16.7. The molecule has 0 bridgehead atoms. The highest BCUT2D eigenvalue weighted by atomic mass is 32.2. The highest BCUT2D eigenvalue weighted by molar-refractivity contribution is 7.98. The number of hydrogen-bond donors (Lipinski definition) is 2. The predicted octanol–water partition coefficient (Wildman–Crippen LogP) is 2.95. The Morgan fingerprint density at radius 2 is 2.15 bits per heavy atom. The Hall–Kier alpha value is -1.23. The van der Waals surface area contributed by atoms with Crippen LogP contribution in [0.5, 0.6) is 0 Å². The van der Waals surface area contributed by atoms with Gasteiger partial charge in [-0.15, -0.1) is 0 Å². The number of pyridine rings is 1. The standard InChI is InChI=1S/C15H25N3OS/c1-4-7-13-10-12(11-14(18-13)16-5-2)15(19)17-8-6-9-20-3/h10-11H,4-9H2,1-3H3,(H,16,18)(H,17,19). The molecule has 0 atom stereocenters. The molecule has 0 aliphatic heterocycles. The Bertz CT molecular complexity index is 399. The fourth-order valence-electron chi connectivity index (χ4n) is 1.90. The van der Waals surface area contributed by atoms with E-state index in [1.165, 1.54) is 0 Å². The zero-order valence-corrected chi connectivity index (χ0v) is 13.5. The molecule has 0 radical (unpaired) electrons. The second kappa shape index (κ2) is 9.64. The first-order valence-electron chi connectivity index (χ1n) is 7.23. The van der Waals surface area contributed by atoms with E-state index in [0.29, 0.717) is 5.56 Å². The summed E-state index contributed by atoms with van der Waals surface area (Å²) in [6.07, 6.45) is 4.99. The molecule has 1 amide bonds. The Labute approximate surface area is 126 Å². The first-order chi connectivity index (χ1) is 9.71. The molecule has 0 unspecified atom stereocenters. The molecule has 1 aromatic heterocycles. The maximum Gasteiger partial charge on any atom is 0.251 e. The minimum Gasteiger partial charge on any atom is -0.370 e. The van der Waals surface area contributed by atoms with Gasteiger partial charge in [-0.2, -0.15) is 11.8 Å². The Kier molecular flexibility index (Phi) is 8.11. The van der Waals surface area contributed by atoms with Crippen LogP contribution in [0.25, 0.3) is 0 Å². The molecule has 1 heterocycles. The third-order valence-electron chi connectivity index (χ3n) is 2.82. The predicted molar refractivity (Wildman–Crippen MR) is 87.7 cm³/mol. The van der Waals surface area contributed by atoms with Crippen LogP contribution in [0.15, 0.2) is 12.1 Å². The number of anilines is 1. The van der Waals surface area contributed by atoms with Gasteiger partial charge in [0.25, 0.3) is 5.91 Å². The van der Waals surface area contributed by atoms with Crippen LogP contribution >= 0.6 is 11.8 Å². The average Bonchev–Trinajstić information content (AvgIpc) is 2.44. The molecule has 112 valence electrons. The van der Waals surface area contributed by atoms with Crippen molar-refractivity contribution in [3.05, 3.63) is 23.4 Å². The molecule has 2 N–H and O–H groups in total. The van der Waals surface area contributed by atoms with E-state index in [9.17, 15) is 4.79 Å². The van der Waals surface area contributed by atoms with Crippen LogP contribution in [0, 0.1) is 0 Å². The van der Waals surface area contributed by atoms with Crippen LogP contribution in [-0.4, -0.2) is 36.0 Å². The number of carbonyl (C=O) groups is 1. The number of nitrogens with zero attached hydrogens (tertiary/aromatic N) is 1. The third kappa shape index (κ3) is 5.82. The van der Waals surface area contributed by atoms with Crippen LogP contribution in [0.4, 0.5) is 5.82 Å². The van der Waals surface area contributed by atoms with Gasteiger partial charge in [-0.05, 0) is 43.9 Å². The molecule has 0 saturated heterocycles. The number of rotatable bonds is 9. The molecule has 0 spiro atoms. The molecule has 1 aromatic rings. The second-order valence-corrected chi connectivity index (χ2v) is 5.60. The topological polar surface area (TPSA) is 54.0 Å². The summed E-state index contributed by atoms with van der Waals surface area (Å²) < 4.78 is 0. The van der Waals surface area contributed by atoms with Crippen LogP contribution in [-0.2, 0) is 6.42 Å². The molecule has 1 rings (SSSR count). The molecule has 4 nitrogen and oxygen atoms in total. The summed E-state index contributed by atoms with van der Waals surface area (Å²) in [7, 11) is 0. The van der Waals surface area contributed by atoms with Gasteiger partial charge >= 0.3 is 0 Å². The van der Waals surface area contributed by atoms with Gasteiger partial charge in [0, 0.05) is 24.3 Å². The highest BCUT2D eigenvalue weighted by Gasteiger charge is 2.09. The number of aromatic nitrogens is 1. The van der Waals surface area contributed by atoms with Crippen molar-refractivity contribution in [2.24, 2.45) is 0 Å². The average molecular weight is 295 g/mol. The van der Waals surface area contributed by atoms with E-state index in [2.05, 4.69) is 28.8 Å². The van der Waals surface area contributed by atoms with E-state index in [1.54, 1.807) is 11.8 Å². The summed E-state index contributed by atoms with van der Waals surface area (Å²) in [5.41, 5.74) is 1.67. The lowest BCUT2D eigenvalue weighted by Crippen LogP contribution is -2.25. The fourth-order valence-corrected chi connectivity index (χ4v) is 2.33. The number of amides is 1. The van der Waals surface area contributed by atoms with Gasteiger partial charge in [-0.1, -0.05) is 13.3 Å². The molecular formula is C15H25N3OS. The maximum absolute atomic E-state index is 12.1. The summed E-state index contributed by atoms with van der Waals surface area (Å²) in [5, 5.41) is 6.15. The minimum absolute atomic E-state index is 0.00925. The van der Waals surface area contributed by atoms with Crippen molar-refractivity contribution in [3.8, 4) is 0 Å². The van der Waals surface area contributed by atoms with E-state index in [1.807, 2.05) is 19.1 Å². The molecule has 0 aromatic carbocycles. The zero-order chi connectivity index (χ0) is 14.8. The van der Waals surface area contributed by atoms with Crippen molar-refractivity contribution >= 4 is 23.5 Å². The summed E-state index contributed by atoms with van der Waals surface area (Å²) in [6, 6.07) is 3.72. The lowest BCUT2D eigenvalue weighted by molar-refractivity contribution is 0.0953. The van der Waals surface area contributed by atoms with Gasteiger partial charge in [0.2, 0.25) is 0 Å². The highest BCUT2D eigenvalue weighted by Crippen LogP contribution is 2.12. The number of thioether (sulfide) groups is 1. The Balaban J connectivity index is 2.72. The van der Waals surface area contributed by atoms with Crippen LogP contribution in [0.1, 0.15) is 42.7 Å². The van der Waals surface area contributed by atoms with Crippen LogP contribution in [0.2, 0.25) is 0 Å². The van der Waals surface area contributed by atoms with Crippen LogP contribution < -0.4 is 10.6 Å². The number of nitrogens with one attached hydrogen (secondary N) is 2. The van der Waals surface area contributed by atoms with E-state index in [4.69, 9.17) is 0 Å². The van der Waals surface area contributed by atoms with Crippen molar-refractivity contribution < 1.29 is 4.79 Å². The van der Waals surface area contributed by atoms with Gasteiger partial charge < -0.3 is 10.6 Å². The van der Waals surface area contributed by atoms with Crippen molar-refractivity contribution in [2.75, 3.05) is 30.4 Å². The van der Waals surface area contributed by atoms with Crippen molar-refractivity contribution in [1.29, 1.82) is 0 Å². The van der Waals surface area contributed by atoms with E-state index >= 15 is 0 Å². The lowest BCUT2D eigenvalue weighted by Gasteiger charge is -2.10. The molecular weight excluding hydrogens is 270 g/mol. The molecule has 5 heteroatoms. The summed E-state index contributed by atoms with van der Waals surface area (Å²) in [6.45, 7) is 5.67. The first-order valence-corrected chi connectivity index (χ1v) is 8.62. The van der Waals surface area contributed by atoms with Gasteiger partial charge in [0.05, 0.1) is 0 Å². The van der Waals surface area contributed by atoms with Crippen LogP contribution in [0.3, 0.4) is 0 Å². The second-order valence-electron chi connectivity index (χ2n) is 4.61. The normalized spacial score (nSPS) is 10.3. The molecule has 20 heavy (non-hydrogen) atoms. The van der Waals surface area contributed by atoms with Gasteiger partial charge in [-0.3, -0.25) is 4.79 Å². The van der Waals surface area contributed by atoms with Crippen molar-refractivity contribution in [1.82, 2.24) is 10.3 Å². The van der Waals surface area contributed by atoms with Gasteiger partial charge in [-0.25, -0.2) is 4.98 Å². The number of carbonyl (C=O) groups excluding carboxylic acids is 1. The first kappa shape index (κ1) is 16.8. The maximum atomic E-state index is 12.1. The molecule has 0 aliphatic carbocycles. The molecule has 0 fully saturated rings. The number of hydrogen-bond acceptors (Lipinski definition) is 4. The molecule has 0 aliphatic rings. The van der Waals surface area contributed by atoms with Crippen molar-refractivity contribution in [3.63, 3.8) is 0 Å². The monoisotopic (exact) mass is 295 g/mol. The van der Waals surface area contributed by atoms with Gasteiger partial charge in [0.15, 0.2) is 0 Å². The quantitative estimate of drug-likeness (QED) is 0.688. The minimum atomic E-state index is -0.00925. The largest absolute Gasteiger partial charge is 0.370 e. The van der Waals surface area contributed by atoms with Crippen molar-refractivity contribution in [2.45, 2.75) is 33.1 Å². The van der Waals surface area contributed by atoms with Gasteiger partial charge in [0.1, 0.15) is 5.82 Å². The van der Waals surface area contributed by atoms with E-state index in [-0.39, 0.29) is 5.91 Å². The number of aryl methyl sites for hydroxylation is 1. The van der Waals surface area contributed by atoms with E-state index in [0.717, 1.165) is 49.6 Å². The summed E-state index contributed by atoms with van der Waals surface area (Å²) >= 11 is 1.80. The SMILES string of the molecule is CCCc1cc(C(=O)NCCCSC)cc(NCC)n1. The smallest absolute Gasteiger partial charge is 0.251 e. The lowest BCUT2D eigenvalue weighted by atomic mass is 10.1. The third-order valence-corrected chi connectivity index (χ3v) is 3.51. The Morgan fingerprint density at radius 3 is 2.80 bits per heavy atom. The fraction of sp³-hybridized carbons (Fsp3) is 0.600. The Morgan fingerprint density at radius 1 is 1.35 bits per heavy atom. The molecule has 0 saturated carbocycles. The summed E-state index contributed by atoms with van der Waals surface area (Å²) in [5.74, 6) is 1.85. The zero-order valence-electron chi connectivity index (χ0n) is 12.7. The van der Waals surface area contributed by atoms with E-state index < -0.39 is 0 Å².